The molecule has 0 fully saturated rings. The summed E-state index contributed by atoms with van der Waals surface area (Å²) in [5.41, 5.74) is 2.04. The Morgan fingerprint density at radius 2 is 1.71 bits per heavy atom. The molecule has 4 aromatic rings. The Labute approximate surface area is 203 Å². The number of carbonyl (C=O) groups excluding carboxylic acids is 1. The van der Waals surface area contributed by atoms with Crippen LogP contribution in [-0.2, 0) is 14.8 Å². The maximum atomic E-state index is 13.2. The summed E-state index contributed by atoms with van der Waals surface area (Å²) in [4.78, 5) is 13.2. The Balaban J connectivity index is 1.54. The van der Waals surface area contributed by atoms with Gasteiger partial charge in [-0.3, -0.25) is 10.1 Å². The third kappa shape index (κ3) is 5.32. The summed E-state index contributed by atoms with van der Waals surface area (Å²) in [6, 6.07) is 19.3. The maximum absolute atomic E-state index is 13.2. The lowest BCUT2D eigenvalue weighted by atomic mass is 9.99. The molecule has 1 aromatic heterocycles. The van der Waals surface area contributed by atoms with E-state index in [4.69, 9.17) is 0 Å². The predicted octanol–water partition coefficient (Wildman–Crippen LogP) is 5.00. The number of rotatable bonds is 8. The van der Waals surface area contributed by atoms with E-state index in [2.05, 4.69) is 20.2 Å². The summed E-state index contributed by atoms with van der Waals surface area (Å²) in [7, 11) is -3.93. The minimum Gasteiger partial charge on any atom is -0.299 e. The van der Waals surface area contributed by atoms with Crippen molar-refractivity contribution in [2.75, 3.05) is 5.32 Å². The van der Waals surface area contributed by atoms with Gasteiger partial charge in [0.05, 0.1) is 4.90 Å². The van der Waals surface area contributed by atoms with Crippen LogP contribution >= 0.6 is 11.3 Å². The van der Waals surface area contributed by atoms with Crippen LogP contribution < -0.4 is 10.0 Å². The van der Waals surface area contributed by atoms with Gasteiger partial charge in [-0.2, -0.15) is 4.72 Å². The van der Waals surface area contributed by atoms with Gasteiger partial charge in [-0.1, -0.05) is 91.8 Å². The van der Waals surface area contributed by atoms with Crippen LogP contribution in [0.15, 0.2) is 71.6 Å². The van der Waals surface area contributed by atoms with Crippen molar-refractivity contribution in [3.63, 3.8) is 0 Å². The lowest BCUT2D eigenvalue weighted by Gasteiger charge is -2.23. The van der Waals surface area contributed by atoms with Crippen LogP contribution in [0.3, 0.4) is 0 Å². The third-order valence-electron chi connectivity index (χ3n) is 5.76. The highest BCUT2D eigenvalue weighted by atomic mass is 32.2. The number of nitrogens with one attached hydrogen (secondary N) is 2. The van der Waals surface area contributed by atoms with Gasteiger partial charge in [0.15, 0.2) is 0 Å². The Morgan fingerprint density at radius 1 is 1.00 bits per heavy atom. The van der Waals surface area contributed by atoms with Gasteiger partial charge in [-0.05, 0) is 35.7 Å². The van der Waals surface area contributed by atoms with Crippen LogP contribution in [0.5, 0.6) is 0 Å². The minimum absolute atomic E-state index is 0.116. The lowest BCUT2D eigenvalue weighted by Crippen LogP contribution is -2.47. The van der Waals surface area contributed by atoms with Crippen molar-refractivity contribution < 1.29 is 13.2 Å². The third-order valence-corrected chi connectivity index (χ3v) is 8.09. The lowest BCUT2D eigenvalue weighted by molar-refractivity contribution is -0.118. The molecule has 0 saturated carbocycles. The number of amides is 1. The average molecular weight is 495 g/mol. The van der Waals surface area contributed by atoms with E-state index < -0.39 is 22.0 Å². The normalized spacial score (nSPS) is 13.5. The van der Waals surface area contributed by atoms with Crippen LogP contribution in [0.25, 0.3) is 21.3 Å². The molecule has 7 nitrogen and oxygen atoms in total. The number of aromatic nitrogens is 2. The highest BCUT2D eigenvalue weighted by molar-refractivity contribution is 7.89. The maximum Gasteiger partial charge on any atom is 0.244 e. The number of aryl methyl sites for hydroxylation is 1. The fourth-order valence-corrected chi connectivity index (χ4v) is 5.59. The molecule has 2 N–H and O–H groups in total. The van der Waals surface area contributed by atoms with Gasteiger partial charge in [0.2, 0.25) is 21.1 Å². The Hall–Kier alpha value is -3.14. The number of hydrogen-bond donors (Lipinski definition) is 2. The van der Waals surface area contributed by atoms with Crippen molar-refractivity contribution in [2.24, 2.45) is 5.92 Å². The van der Waals surface area contributed by atoms with E-state index in [1.807, 2.05) is 69.3 Å². The molecule has 0 bridgehead atoms. The molecule has 1 heterocycles. The zero-order valence-electron chi connectivity index (χ0n) is 19.1. The van der Waals surface area contributed by atoms with Gasteiger partial charge in [0.25, 0.3) is 0 Å². The molecule has 3 aromatic carbocycles. The molecular formula is C25H26N4O3S2. The molecule has 0 saturated heterocycles. The van der Waals surface area contributed by atoms with Gasteiger partial charge < -0.3 is 0 Å². The molecule has 2 unspecified atom stereocenters. The van der Waals surface area contributed by atoms with Crippen LogP contribution in [0.4, 0.5) is 5.13 Å². The summed E-state index contributed by atoms with van der Waals surface area (Å²) < 4.78 is 28.9. The van der Waals surface area contributed by atoms with E-state index >= 15 is 0 Å². The summed E-state index contributed by atoms with van der Waals surface area (Å²) >= 11 is 1.24. The van der Waals surface area contributed by atoms with Crippen molar-refractivity contribution in [1.82, 2.24) is 14.9 Å². The summed E-state index contributed by atoms with van der Waals surface area (Å²) in [6.45, 7) is 5.75. The van der Waals surface area contributed by atoms with E-state index in [9.17, 15) is 13.2 Å². The highest BCUT2D eigenvalue weighted by Crippen LogP contribution is 2.27. The van der Waals surface area contributed by atoms with E-state index in [-0.39, 0.29) is 10.8 Å². The molecule has 34 heavy (non-hydrogen) atoms. The van der Waals surface area contributed by atoms with Crippen molar-refractivity contribution in [2.45, 2.75) is 38.1 Å². The Bertz CT molecular complexity index is 1420. The average Bonchev–Trinajstić information content (AvgIpc) is 3.30. The predicted molar refractivity (Wildman–Crippen MR) is 136 cm³/mol. The Morgan fingerprint density at radius 3 is 2.41 bits per heavy atom. The number of anilines is 1. The fraction of sp³-hybridized carbons (Fsp3) is 0.240. The molecule has 1 amide bonds. The molecule has 0 radical (unpaired) electrons. The standard InChI is InChI=1S/C25H26N4O3S2/c1-4-17(3)22(29-34(31,32)21-14-13-18-7-5-6-8-20(18)15-21)23(30)26-25-28-27-24(33-25)19-11-9-16(2)10-12-19/h5-15,17,22,29H,4H2,1-3H3,(H,26,28,30). The minimum atomic E-state index is -3.93. The number of sulfonamides is 1. The molecule has 2 atom stereocenters. The second-order valence-electron chi connectivity index (χ2n) is 8.26. The zero-order chi connectivity index (χ0) is 24.3. The van der Waals surface area contributed by atoms with Crippen molar-refractivity contribution in [3.05, 3.63) is 72.3 Å². The van der Waals surface area contributed by atoms with Crippen molar-refractivity contribution in [3.8, 4) is 10.6 Å². The van der Waals surface area contributed by atoms with E-state index in [1.54, 1.807) is 18.2 Å². The first-order valence-corrected chi connectivity index (χ1v) is 13.3. The molecular weight excluding hydrogens is 468 g/mol. The summed E-state index contributed by atoms with van der Waals surface area (Å²) in [6.07, 6.45) is 0.614. The van der Waals surface area contributed by atoms with Crippen LogP contribution in [0.1, 0.15) is 25.8 Å². The van der Waals surface area contributed by atoms with Crippen LogP contribution in [0, 0.1) is 12.8 Å². The van der Waals surface area contributed by atoms with Gasteiger partial charge in [0, 0.05) is 5.56 Å². The number of benzene rings is 3. The number of fused-ring (bicyclic) bond motifs is 1. The van der Waals surface area contributed by atoms with Crippen LogP contribution in [-0.4, -0.2) is 30.6 Å². The first kappa shape index (κ1) is 24.0. The molecule has 176 valence electrons. The molecule has 0 aliphatic heterocycles. The molecule has 0 aliphatic rings. The van der Waals surface area contributed by atoms with Gasteiger partial charge in [-0.15, -0.1) is 10.2 Å². The number of nitrogens with zero attached hydrogens (tertiary/aromatic N) is 2. The zero-order valence-corrected chi connectivity index (χ0v) is 20.8. The second kappa shape index (κ2) is 10.0. The second-order valence-corrected chi connectivity index (χ2v) is 11.0. The van der Waals surface area contributed by atoms with Crippen molar-refractivity contribution in [1.29, 1.82) is 0 Å². The number of carbonyl (C=O) groups is 1. The topological polar surface area (TPSA) is 101 Å². The molecule has 9 heteroatoms. The summed E-state index contributed by atoms with van der Waals surface area (Å²) in [5.74, 6) is -0.704. The quantitative estimate of drug-likeness (QED) is 0.359. The highest BCUT2D eigenvalue weighted by Gasteiger charge is 2.30. The van der Waals surface area contributed by atoms with E-state index in [1.165, 1.54) is 11.3 Å². The largest absolute Gasteiger partial charge is 0.299 e. The SMILES string of the molecule is CCC(C)C(NS(=O)(=O)c1ccc2ccccc2c1)C(=O)Nc1nnc(-c2ccc(C)cc2)s1. The van der Waals surface area contributed by atoms with Crippen LogP contribution in [0.2, 0.25) is 0 Å². The van der Waals surface area contributed by atoms with Crippen molar-refractivity contribution >= 4 is 43.2 Å². The number of hydrogen-bond acceptors (Lipinski definition) is 6. The first-order valence-electron chi connectivity index (χ1n) is 11.0. The smallest absolute Gasteiger partial charge is 0.244 e. The fourth-order valence-electron chi connectivity index (χ4n) is 3.50. The van der Waals surface area contributed by atoms with Gasteiger partial charge in [-0.25, -0.2) is 8.42 Å². The monoisotopic (exact) mass is 494 g/mol. The summed E-state index contributed by atoms with van der Waals surface area (Å²) in [5, 5.41) is 13.7. The molecule has 0 spiro atoms. The molecule has 4 rings (SSSR count). The first-order chi connectivity index (χ1) is 16.3. The van der Waals surface area contributed by atoms with Gasteiger partial charge in [0.1, 0.15) is 11.0 Å². The van der Waals surface area contributed by atoms with E-state index in [0.717, 1.165) is 21.9 Å². The van der Waals surface area contributed by atoms with E-state index in [0.29, 0.717) is 16.6 Å². The Kier molecular flexibility index (Phi) is 7.06. The van der Waals surface area contributed by atoms with Gasteiger partial charge >= 0.3 is 0 Å². The molecule has 0 aliphatic carbocycles.